The van der Waals surface area contributed by atoms with Crippen molar-refractivity contribution in [2.45, 2.75) is 20.4 Å². The van der Waals surface area contributed by atoms with E-state index in [1.54, 1.807) is 6.20 Å². The molecule has 0 atom stereocenters. The van der Waals surface area contributed by atoms with E-state index in [2.05, 4.69) is 46.5 Å². The molecule has 0 aliphatic rings. The van der Waals surface area contributed by atoms with Gasteiger partial charge in [0.1, 0.15) is 5.82 Å². The molecule has 0 unspecified atom stereocenters. The van der Waals surface area contributed by atoms with E-state index in [1.165, 1.54) is 5.56 Å². The topological polar surface area (TPSA) is 37.8 Å². The maximum Gasteiger partial charge on any atom is 0.125 e. The van der Waals surface area contributed by atoms with Crippen LogP contribution >= 0.6 is 0 Å². The van der Waals surface area contributed by atoms with Crippen molar-refractivity contribution in [3.05, 3.63) is 53.6 Å². The zero-order chi connectivity index (χ0) is 11.4. The van der Waals surface area contributed by atoms with E-state index >= 15 is 0 Å². The van der Waals surface area contributed by atoms with E-state index in [0.717, 1.165) is 23.8 Å². The maximum atomic E-state index is 4.33. The fraction of sp³-hybridized carbons (Fsp3) is 0.231. The van der Waals surface area contributed by atoms with Crippen molar-refractivity contribution < 1.29 is 0 Å². The largest absolute Gasteiger partial charge is 0.379 e. The summed E-state index contributed by atoms with van der Waals surface area (Å²) in [5.41, 5.74) is 3.39. The molecular weight excluding hydrogens is 198 g/mol. The van der Waals surface area contributed by atoms with Gasteiger partial charge in [-0.15, -0.1) is 0 Å². The standard InChI is InChI=1S/C13H15N3/c1-10-3-5-12(6-4-10)15-9-13-7-8-14-11(2)16-13/h3-8,15H,9H2,1-2H3. The van der Waals surface area contributed by atoms with Crippen LogP contribution in [0.2, 0.25) is 0 Å². The molecule has 0 spiro atoms. The molecule has 0 saturated carbocycles. The number of hydrogen-bond donors (Lipinski definition) is 1. The van der Waals surface area contributed by atoms with Crippen LogP contribution in [-0.4, -0.2) is 9.97 Å². The molecule has 2 aromatic rings. The van der Waals surface area contributed by atoms with Crippen LogP contribution in [0.4, 0.5) is 5.69 Å². The lowest BCUT2D eigenvalue weighted by Crippen LogP contribution is -2.02. The second kappa shape index (κ2) is 4.75. The molecule has 1 N–H and O–H groups in total. The van der Waals surface area contributed by atoms with Gasteiger partial charge in [0.25, 0.3) is 0 Å². The van der Waals surface area contributed by atoms with E-state index in [4.69, 9.17) is 0 Å². The second-order valence-corrected chi connectivity index (χ2v) is 3.81. The van der Waals surface area contributed by atoms with Gasteiger partial charge in [0.15, 0.2) is 0 Å². The average Bonchev–Trinajstić information content (AvgIpc) is 2.28. The lowest BCUT2D eigenvalue weighted by atomic mass is 10.2. The number of aromatic nitrogens is 2. The molecular formula is C13H15N3. The average molecular weight is 213 g/mol. The lowest BCUT2D eigenvalue weighted by molar-refractivity contribution is 0.955. The van der Waals surface area contributed by atoms with Crippen molar-refractivity contribution in [2.24, 2.45) is 0 Å². The Hall–Kier alpha value is -1.90. The molecule has 0 radical (unpaired) electrons. The number of benzene rings is 1. The predicted octanol–water partition coefficient (Wildman–Crippen LogP) is 2.71. The summed E-state index contributed by atoms with van der Waals surface area (Å²) in [6, 6.07) is 10.3. The van der Waals surface area contributed by atoms with Gasteiger partial charge in [-0.25, -0.2) is 9.97 Å². The third-order valence-corrected chi connectivity index (χ3v) is 2.36. The fourth-order valence-corrected chi connectivity index (χ4v) is 1.47. The van der Waals surface area contributed by atoms with Crippen molar-refractivity contribution in [2.75, 3.05) is 5.32 Å². The van der Waals surface area contributed by atoms with Crippen molar-refractivity contribution in [3.8, 4) is 0 Å². The van der Waals surface area contributed by atoms with Crippen LogP contribution in [0.5, 0.6) is 0 Å². The fourth-order valence-electron chi connectivity index (χ4n) is 1.47. The molecule has 0 fully saturated rings. The van der Waals surface area contributed by atoms with Gasteiger partial charge in [0, 0.05) is 11.9 Å². The first-order valence-corrected chi connectivity index (χ1v) is 5.33. The van der Waals surface area contributed by atoms with Gasteiger partial charge in [-0.1, -0.05) is 17.7 Å². The van der Waals surface area contributed by atoms with Gasteiger partial charge in [-0.2, -0.15) is 0 Å². The van der Waals surface area contributed by atoms with Crippen LogP contribution in [0, 0.1) is 13.8 Å². The molecule has 3 nitrogen and oxygen atoms in total. The summed E-state index contributed by atoms with van der Waals surface area (Å²) in [6.45, 7) is 4.71. The SMILES string of the molecule is Cc1ccc(NCc2ccnc(C)n2)cc1. The third kappa shape index (κ3) is 2.79. The third-order valence-electron chi connectivity index (χ3n) is 2.36. The van der Waals surface area contributed by atoms with Gasteiger partial charge in [0.2, 0.25) is 0 Å². The van der Waals surface area contributed by atoms with Crippen molar-refractivity contribution in [3.63, 3.8) is 0 Å². The van der Waals surface area contributed by atoms with Gasteiger partial charge < -0.3 is 5.32 Å². The molecule has 1 aromatic heterocycles. The molecule has 2 rings (SSSR count). The highest BCUT2D eigenvalue weighted by atomic mass is 14.9. The first kappa shape index (κ1) is 10.6. The Balaban J connectivity index is 1.99. The number of nitrogens with one attached hydrogen (secondary N) is 1. The van der Waals surface area contributed by atoms with Gasteiger partial charge in [-0.3, -0.25) is 0 Å². The van der Waals surface area contributed by atoms with Gasteiger partial charge >= 0.3 is 0 Å². The van der Waals surface area contributed by atoms with Gasteiger partial charge in [-0.05, 0) is 32.0 Å². The minimum Gasteiger partial charge on any atom is -0.379 e. The molecule has 1 heterocycles. The first-order valence-electron chi connectivity index (χ1n) is 5.33. The summed E-state index contributed by atoms with van der Waals surface area (Å²) in [4.78, 5) is 8.40. The van der Waals surface area contributed by atoms with Crippen LogP contribution in [0.1, 0.15) is 17.1 Å². The van der Waals surface area contributed by atoms with Crippen LogP contribution in [0.25, 0.3) is 0 Å². The summed E-state index contributed by atoms with van der Waals surface area (Å²) in [5, 5.41) is 3.33. The zero-order valence-electron chi connectivity index (χ0n) is 9.57. The van der Waals surface area contributed by atoms with E-state index in [-0.39, 0.29) is 0 Å². The summed E-state index contributed by atoms with van der Waals surface area (Å²) in [5.74, 6) is 0.809. The highest BCUT2D eigenvalue weighted by molar-refractivity contribution is 5.44. The number of aryl methyl sites for hydroxylation is 2. The van der Waals surface area contributed by atoms with E-state index in [9.17, 15) is 0 Å². The molecule has 0 bridgehead atoms. The van der Waals surface area contributed by atoms with Crippen molar-refractivity contribution >= 4 is 5.69 Å². The van der Waals surface area contributed by atoms with Crippen LogP contribution in [0.3, 0.4) is 0 Å². The molecule has 16 heavy (non-hydrogen) atoms. The van der Waals surface area contributed by atoms with Crippen molar-refractivity contribution in [1.82, 2.24) is 9.97 Å². The highest BCUT2D eigenvalue weighted by Crippen LogP contribution is 2.09. The maximum absolute atomic E-state index is 4.33. The van der Waals surface area contributed by atoms with Gasteiger partial charge in [0.05, 0.1) is 12.2 Å². The molecule has 0 aliphatic carbocycles. The molecule has 1 aromatic carbocycles. The van der Waals surface area contributed by atoms with Crippen molar-refractivity contribution in [1.29, 1.82) is 0 Å². The predicted molar refractivity (Wildman–Crippen MR) is 65.3 cm³/mol. The Kier molecular flexibility index (Phi) is 3.15. The van der Waals surface area contributed by atoms with Crippen LogP contribution < -0.4 is 5.32 Å². The summed E-state index contributed by atoms with van der Waals surface area (Å²) >= 11 is 0. The Labute approximate surface area is 95.6 Å². The Morgan fingerprint density at radius 3 is 2.50 bits per heavy atom. The number of hydrogen-bond acceptors (Lipinski definition) is 3. The summed E-state index contributed by atoms with van der Waals surface area (Å²) < 4.78 is 0. The highest BCUT2D eigenvalue weighted by Gasteiger charge is 1.96. The number of nitrogens with zero attached hydrogens (tertiary/aromatic N) is 2. The van der Waals surface area contributed by atoms with E-state index < -0.39 is 0 Å². The molecule has 0 aliphatic heterocycles. The molecule has 0 amide bonds. The smallest absolute Gasteiger partial charge is 0.125 e. The van der Waals surface area contributed by atoms with E-state index in [0.29, 0.717) is 0 Å². The monoisotopic (exact) mass is 213 g/mol. The molecule has 0 saturated heterocycles. The minimum absolute atomic E-state index is 0.729. The Morgan fingerprint density at radius 2 is 1.81 bits per heavy atom. The van der Waals surface area contributed by atoms with Crippen LogP contribution in [-0.2, 0) is 6.54 Å². The first-order chi connectivity index (χ1) is 7.74. The second-order valence-electron chi connectivity index (χ2n) is 3.81. The number of anilines is 1. The van der Waals surface area contributed by atoms with E-state index in [1.807, 2.05) is 13.0 Å². The Morgan fingerprint density at radius 1 is 1.06 bits per heavy atom. The normalized spacial score (nSPS) is 10.1. The molecule has 3 heteroatoms. The lowest BCUT2D eigenvalue weighted by Gasteiger charge is -2.06. The quantitative estimate of drug-likeness (QED) is 0.851. The number of rotatable bonds is 3. The summed E-state index contributed by atoms with van der Waals surface area (Å²) in [7, 11) is 0. The zero-order valence-corrected chi connectivity index (χ0v) is 9.57. The Bertz CT molecular complexity index is 463. The molecule has 82 valence electrons. The van der Waals surface area contributed by atoms with Crippen LogP contribution in [0.15, 0.2) is 36.5 Å². The minimum atomic E-state index is 0.729. The summed E-state index contributed by atoms with van der Waals surface area (Å²) in [6.07, 6.45) is 1.79.